The molecule has 1 heterocycles. The Balaban J connectivity index is 2.19. The Morgan fingerprint density at radius 2 is 2.57 bits per heavy atom. The van der Waals surface area contributed by atoms with Crippen LogP contribution in [0.2, 0.25) is 0 Å². The summed E-state index contributed by atoms with van der Waals surface area (Å²) in [6, 6.07) is 0. The molecule has 0 spiro atoms. The SMILES string of the molecule is C=CC(=O)NCCC1=CCN(C)CC1. The second kappa shape index (κ2) is 5.60. The molecule has 1 N–H and O–H groups in total. The molecule has 0 saturated carbocycles. The van der Waals surface area contributed by atoms with Crippen molar-refractivity contribution in [2.45, 2.75) is 12.8 Å². The van der Waals surface area contributed by atoms with Crippen molar-refractivity contribution in [3.05, 3.63) is 24.3 Å². The zero-order valence-corrected chi connectivity index (χ0v) is 8.75. The van der Waals surface area contributed by atoms with Crippen LogP contribution in [-0.4, -0.2) is 37.5 Å². The van der Waals surface area contributed by atoms with Gasteiger partial charge in [-0.2, -0.15) is 0 Å². The first-order chi connectivity index (χ1) is 6.72. The molecule has 0 unspecified atom stereocenters. The minimum absolute atomic E-state index is 0.0847. The average Bonchev–Trinajstić information content (AvgIpc) is 2.21. The maximum Gasteiger partial charge on any atom is 0.243 e. The van der Waals surface area contributed by atoms with E-state index in [2.05, 4.69) is 29.9 Å². The number of nitrogens with zero attached hydrogens (tertiary/aromatic N) is 1. The van der Waals surface area contributed by atoms with E-state index >= 15 is 0 Å². The number of amides is 1. The van der Waals surface area contributed by atoms with E-state index in [9.17, 15) is 4.79 Å². The molecule has 0 aromatic heterocycles. The summed E-state index contributed by atoms with van der Waals surface area (Å²) in [6.07, 6.45) is 5.65. The Morgan fingerprint density at radius 1 is 1.79 bits per heavy atom. The Bertz CT molecular complexity index is 246. The smallest absolute Gasteiger partial charge is 0.243 e. The number of carbonyl (C=O) groups excluding carboxylic acids is 1. The van der Waals surface area contributed by atoms with Crippen LogP contribution in [0.5, 0.6) is 0 Å². The molecule has 0 aromatic carbocycles. The zero-order valence-electron chi connectivity index (χ0n) is 8.75. The van der Waals surface area contributed by atoms with Gasteiger partial charge in [-0.05, 0) is 26.0 Å². The van der Waals surface area contributed by atoms with E-state index in [4.69, 9.17) is 0 Å². The highest BCUT2D eigenvalue weighted by Crippen LogP contribution is 2.11. The minimum atomic E-state index is -0.0847. The third-order valence-corrected chi connectivity index (χ3v) is 2.44. The quantitative estimate of drug-likeness (QED) is 0.533. The largest absolute Gasteiger partial charge is 0.352 e. The predicted molar refractivity (Wildman–Crippen MR) is 58.0 cm³/mol. The summed E-state index contributed by atoms with van der Waals surface area (Å²) < 4.78 is 0. The topological polar surface area (TPSA) is 32.3 Å². The van der Waals surface area contributed by atoms with E-state index in [1.165, 1.54) is 11.6 Å². The molecule has 0 fully saturated rings. The third kappa shape index (κ3) is 3.75. The van der Waals surface area contributed by atoms with E-state index in [0.29, 0.717) is 0 Å². The van der Waals surface area contributed by atoms with Crippen LogP contribution < -0.4 is 5.32 Å². The van der Waals surface area contributed by atoms with Crippen molar-refractivity contribution in [2.75, 3.05) is 26.7 Å². The fourth-order valence-corrected chi connectivity index (χ4v) is 1.46. The van der Waals surface area contributed by atoms with E-state index in [1.54, 1.807) is 0 Å². The molecule has 0 aromatic rings. The molecule has 0 atom stereocenters. The van der Waals surface area contributed by atoms with Gasteiger partial charge in [0.2, 0.25) is 5.91 Å². The number of hydrogen-bond acceptors (Lipinski definition) is 2. The van der Waals surface area contributed by atoms with E-state index < -0.39 is 0 Å². The molecule has 3 heteroatoms. The monoisotopic (exact) mass is 194 g/mol. The van der Waals surface area contributed by atoms with Crippen LogP contribution in [0.4, 0.5) is 0 Å². The molecular weight excluding hydrogens is 176 g/mol. The molecule has 1 amide bonds. The summed E-state index contributed by atoms with van der Waals surface area (Å²) in [6.45, 7) is 6.28. The van der Waals surface area contributed by atoms with Crippen LogP contribution in [-0.2, 0) is 4.79 Å². The van der Waals surface area contributed by atoms with Crippen molar-refractivity contribution < 1.29 is 4.79 Å². The average molecular weight is 194 g/mol. The first kappa shape index (κ1) is 11.0. The highest BCUT2D eigenvalue weighted by Gasteiger charge is 2.07. The van der Waals surface area contributed by atoms with Gasteiger partial charge in [-0.15, -0.1) is 0 Å². The van der Waals surface area contributed by atoms with Gasteiger partial charge in [0.05, 0.1) is 0 Å². The van der Waals surface area contributed by atoms with Gasteiger partial charge in [-0.1, -0.05) is 18.2 Å². The summed E-state index contributed by atoms with van der Waals surface area (Å²) in [5, 5.41) is 2.78. The zero-order chi connectivity index (χ0) is 10.4. The summed E-state index contributed by atoms with van der Waals surface area (Å²) >= 11 is 0. The summed E-state index contributed by atoms with van der Waals surface area (Å²) in [5.41, 5.74) is 1.45. The first-order valence-electron chi connectivity index (χ1n) is 4.99. The van der Waals surface area contributed by atoms with Gasteiger partial charge in [0.1, 0.15) is 0 Å². The fraction of sp³-hybridized carbons (Fsp3) is 0.545. The second-order valence-corrected chi connectivity index (χ2v) is 3.62. The molecular formula is C11H18N2O. The number of likely N-dealkylation sites (N-methyl/N-ethyl adjacent to an activating group) is 1. The third-order valence-electron chi connectivity index (χ3n) is 2.44. The molecule has 0 radical (unpaired) electrons. The van der Waals surface area contributed by atoms with Crippen molar-refractivity contribution in [3.63, 3.8) is 0 Å². The number of hydrogen-bond donors (Lipinski definition) is 1. The van der Waals surface area contributed by atoms with Gasteiger partial charge in [-0.3, -0.25) is 4.79 Å². The molecule has 0 aliphatic carbocycles. The van der Waals surface area contributed by atoms with Crippen molar-refractivity contribution in [2.24, 2.45) is 0 Å². The Labute approximate surface area is 85.5 Å². The molecule has 1 rings (SSSR count). The first-order valence-corrected chi connectivity index (χ1v) is 4.99. The van der Waals surface area contributed by atoms with Gasteiger partial charge in [-0.25, -0.2) is 0 Å². The van der Waals surface area contributed by atoms with Crippen LogP contribution in [0.1, 0.15) is 12.8 Å². The minimum Gasteiger partial charge on any atom is -0.352 e. The maximum atomic E-state index is 10.8. The van der Waals surface area contributed by atoms with Crippen molar-refractivity contribution in [1.82, 2.24) is 10.2 Å². The molecule has 3 nitrogen and oxygen atoms in total. The van der Waals surface area contributed by atoms with Crippen molar-refractivity contribution in [3.8, 4) is 0 Å². The van der Waals surface area contributed by atoms with Crippen LogP contribution in [0.25, 0.3) is 0 Å². The van der Waals surface area contributed by atoms with E-state index in [1.807, 2.05) is 0 Å². The van der Waals surface area contributed by atoms with E-state index in [-0.39, 0.29) is 5.91 Å². The lowest BCUT2D eigenvalue weighted by Gasteiger charge is -2.21. The van der Waals surface area contributed by atoms with Gasteiger partial charge < -0.3 is 10.2 Å². The fourth-order valence-electron chi connectivity index (χ4n) is 1.46. The molecule has 78 valence electrons. The molecule has 14 heavy (non-hydrogen) atoms. The summed E-state index contributed by atoms with van der Waals surface area (Å²) in [5.74, 6) is -0.0847. The maximum absolute atomic E-state index is 10.8. The van der Waals surface area contributed by atoms with Crippen LogP contribution in [0.3, 0.4) is 0 Å². The lowest BCUT2D eigenvalue weighted by molar-refractivity contribution is -0.116. The standard InChI is InChI=1S/C11H18N2O/c1-3-11(14)12-7-4-10-5-8-13(2)9-6-10/h3,5H,1,4,6-9H2,2H3,(H,12,14). The Hall–Kier alpha value is -1.09. The van der Waals surface area contributed by atoms with E-state index in [0.717, 1.165) is 32.5 Å². The predicted octanol–water partition coefficient (Wildman–Crippen LogP) is 0.941. The summed E-state index contributed by atoms with van der Waals surface area (Å²) in [7, 11) is 2.12. The summed E-state index contributed by atoms with van der Waals surface area (Å²) in [4.78, 5) is 13.1. The lowest BCUT2D eigenvalue weighted by Crippen LogP contribution is -2.26. The van der Waals surface area contributed by atoms with Crippen LogP contribution in [0, 0.1) is 0 Å². The number of carbonyl (C=O) groups is 1. The second-order valence-electron chi connectivity index (χ2n) is 3.62. The number of rotatable bonds is 4. The van der Waals surface area contributed by atoms with Gasteiger partial charge in [0, 0.05) is 19.6 Å². The van der Waals surface area contributed by atoms with Gasteiger partial charge in [0.15, 0.2) is 0 Å². The molecule has 1 aliphatic rings. The highest BCUT2D eigenvalue weighted by molar-refractivity contribution is 5.86. The van der Waals surface area contributed by atoms with Crippen molar-refractivity contribution in [1.29, 1.82) is 0 Å². The Kier molecular flexibility index (Phi) is 4.40. The molecule has 0 bridgehead atoms. The highest BCUT2D eigenvalue weighted by atomic mass is 16.1. The van der Waals surface area contributed by atoms with Crippen molar-refractivity contribution >= 4 is 5.91 Å². The Morgan fingerprint density at radius 3 is 3.14 bits per heavy atom. The normalized spacial score (nSPS) is 17.4. The van der Waals surface area contributed by atoms with Gasteiger partial charge in [0.25, 0.3) is 0 Å². The number of nitrogens with one attached hydrogen (secondary N) is 1. The molecule has 1 aliphatic heterocycles. The molecule has 0 saturated heterocycles. The van der Waals surface area contributed by atoms with Crippen LogP contribution >= 0.6 is 0 Å². The van der Waals surface area contributed by atoms with Gasteiger partial charge >= 0.3 is 0 Å². The lowest BCUT2D eigenvalue weighted by atomic mass is 10.1. The van der Waals surface area contributed by atoms with Crippen LogP contribution in [0.15, 0.2) is 24.3 Å².